The summed E-state index contributed by atoms with van der Waals surface area (Å²) in [5.74, 6) is -1.72. The van der Waals surface area contributed by atoms with Crippen LogP contribution in [0.2, 0.25) is 0 Å². The third kappa shape index (κ3) is 1.98. The first kappa shape index (κ1) is 12.9. The number of halogens is 4. The number of aromatic amines is 1. The van der Waals surface area contributed by atoms with Gasteiger partial charge in [-0.25, -0.2) is 17.6 Å². The van der Waals surface area contributed by atoms with Gasteiger partial charge in [0, 0.05) is 28.1 Å². The van der Waals surface area contributed by atoms with E-state index in [1.54, 1.807) is 20.8 Å². The van der Waals surface area contributed by atoms with Gasteiger partial charge in [-0.3, -0.25) is 0 Å². The molecule has 0 radical (unpaired) electrons. The molecule has 0 aliphatic heterocycles. The first-order valence-electron chi connectivity index (χ1n) is 5.51. The summed E-state index contributed by atoms with van der Waals surface area (Å²) in [6, 6.07) is 1.62. The zero-order valence-electron chi connectivity index (χ0n) is 10.2. The van der Waals surface area contributed by atoms with Crippen LogP contribution in [0.15, 0.2) is 12.1 Å². The van der Waals surface area contributed by atoms with Crippen molar-refractivity contribution in [3.63, 3.8) is 0 Å². The fourth-order valence-corrected chi connectivity index (χ4v) is 2.06. The van der Waals surface area contributed by atoms with Crippen LogP contribution < -0.4 is 0 Å². The number of fused-ring (bicyclic) bond motifs is 1. The minimum Gasteiger partial charge on any atom is -0.355 e. The largest absolute Gasteiger partial charge is 0.355 e. The van der Waals surface area contributed by atoms with Gasteiger partial charge in [0.25, 0.3) is 6.43 Å². The molecule has 0 bridgehead atoms. The maximum absolute atomic E-state index is 13.6. The van der Waals surface area contributed by atoms with Crippen LogP contribution in [0, 0.1) is 11.6 Å². The van der Waals surface area contributed by atoms with Gasteiger partial charge in [0.2, 0.25) is 0 Å². The Labute approximate surface area is 102 Å². The van der Waals surface area contributed by atoms with Crippen LogP contribution in [-0.4, -0.2) is 4.98 Å². The molecule has 0 spiro atoms. The van der Waals surface area contributed by atoms with Crippen LogP contribution in [0.5, 0.6) is 0 Å². The Morgan fingerprint density at radius 1 is 1.11 bits per heavy atom. The van der Waals surface area contributed by atoms with Crippen molar-refractivity contribution in [3.05, 3.63) is 35.0 Å². The quantitative estimate of drug-likeness (QED) is 0.715. The Balaban J connectivity index is 2.89. The molecule has 1 nitrogen and oxygen atoms in total. The van der Waals surface area contributed by atoms with E-state index in [-0.39, 0.29) is 22.2 Å². The lowest BCUT2D eigenvalue weighted by atomic mass is 9.89. The molecule has 0 atom stereocenters. The standard InChI is InChI=1S/C13H13F4N/c1-13(2,3)11-9(12(16)17)7-4-6(14)5-8(15)10(7)18-11/h4-5,12,18H,1-3H3. The second kappa shape index (κ2) is 4.00. The highest BCUT2D eigenvalue weighted by atomic mass is 19.3. The summed E-state index contributed by atoms with van der Waals surface area (Å²) in [5, 5.41) is -0.0903. The molecule has 1 aromatic heterocycles. The molecule has 18 heavy (non-hydrogen) atoms. The van der Waals surface area contributed by atoms with E-state index < -0.39 is 23.5 Å². The fourth-order valence-electron chi connectivity index (χ4n) is 2.06. The predicted molar refractivity (Wildman–Crippen MR) is 61.9 cm³/mol. The third-order valence-electron chi connectivity index (χ3n) is 2.83. The van der Waals surface area contributed by atoms with E-state index in [0.29, 0.717) is 6.07 Å². The average Bonchev–Trinajstić information content (AvgIpc) is 2.55. The Kier molecular flexibility index (Phi) is 2.87. The molecule has 2 aromatic rings. The SMILES string of the molecule is CC(C)(C)c1[nH]c2c(F)cc(F)cc2c1C(F)F. The van der Waals surface area contributed by atoms with Gasteiger partial charge in [-0.15, -0.1) is 0 Å². The molecule has 5 heteroatoms. The Bertz CT molecular complexity index is 593. The highest BCUT2D eigenvalue weighted by Gasteiger charge is 2.28. The lowest BCUT2D eigenvalue weighted by Crippen LogP contribution is -2.14. The van der Waals surface area contributed by atoms with Crippen LogP contribution in [0.1, 0.15) is 38.5 Å². The molecule has 0 saturated heterocycles. The number of alkyl halides is 2. The number of aromatic nitrogens is 1. The zero-order chi connectivity index (χ0) is 13.7. The van der Waals surface area contributed by atoms with Crippen molar-refractivity contribution in [2.24, 2.45) is 0 Å². The molecule has 1 N–H and O–H groups in total. The Morgan fingerprint density at radius 3 is 2.22 bits per heavy atom. The number of H-pyrrole nitrogens is 1. The maximum atomic E-state index is 13.6. The zero-order valence-corrected chi connectivity index (χ0v) is 10.2. The van der Waals surface area contributed by atoms with Gasteiger partial charge in [0.1, 0.15) is 11.6 Å². The van der Waals surface area contributed by atoms with E-state index in [1.807, 2.05) is 0 Å². The van der Waals surface area contributed by atoms with Crippen molar-refractivity contribution >= 4 is 10.9 Å². The van der Waals surface area contributed by atoms with E-state index in [2.05, 4.69) is 4.98 Å². The maximum Gasteiger partial charge on any atom is 0.266 e. The molecule has 0 saturated carbocycles. The monoisotopic (exact) mass is 259 g/mol. The molecule has 0 amide bonds. The number of rotatable bonds is 1. The lowest BCUT2D eigenvalue weighted by Gasteiger charge is -2.19. The van der Waals surface area contributed by atoms with Gasteiger partial charge in [-0.2, -0.15) is 0 Å². The van der Waals surface area contributed by atoms with Gasteiger partial charge in [-0.05, 0) is 6.07 Å². The normalized spacial score (nSPS) is 12.7. The van der Waals surface area contributed by atoms with E-state index in [1.165, 1.54) is 0 Å². The smallest absolute Gasteiger partial charge is 0.266 e. The van der Waals surface area contributed by atoms with E-state index in [0.717, 1.165) is 6.07 Å². The number of hydrogen-bond donors (Lipinski definition) is 1. The van der Waals surface area contributed by atoms with E-state index in [9.17, 15) is 17.6 Å². The minimum absolute atomic E-state index is 0.0726. The lowest BCUT2D eigenvalue weighted by molar-refractivity contribution is 0.150. The van der Waals surface area contributed by atoms with Gasteiger partial charge in [-0.1, -0.05) is 20.8 Å². The second-order valence-electron chi connectivity index (χ2n) is 5.27. The number of nitrogens with one attached hydrogen (secondary N) is 1. The summed E-state index contributed by atoms with van der Waals surface area (Å²) in [6.07, 6.45) is -2.78. The Hall–Kier alpha value is -1.52. The molecular formula is C13H13F4N. The van der Waals surface area contributed by atoms with Crippen molar-refractivity contribution in [1.82, 2.24) is 4.98 Å². The molecule has 0 aliphatic rings. The van der Waals surface area contributed by atoms with E-state index >= 15 is 0 Å². The fraction of sp³-hybridized carbons (Fsp3) is 0.385. The first-order chi connectivity index (χ1) is 8.21. The van der Waals surface area contributed by atoms with Gasteiger partial charge in [0.15, 0.2) is 0 Å². The summed E-state index contributed by atoms with van der Waals surface area (Å²) in [7, 11) is 0. The van der Waals surface area contributed by atoms with Crippen molar-refractivity contribution in [3.8, 4) is 0 Å². The molecule has 0 fully saturated rings. The van der Waals surface area contributed by atoms with Crippen LogP contribution in [0.3, 0.4) is 0 Å². The molecule has 0 unspecified atom stereocenters. The van der Waals surface area contributed by atoms with Crippen LogP contribution >= 0.6 is 0 Å². The van der Waals surface area contributed by atoms with Crippen molar-refractivity contribution < 1.29 is 17.6 Å². The first-order valence-corrected chi connectivity index (χ1v) is 5.51. The van der Waals surface area contributed by atoms with Crippen LogP contribution in [-0.2, 0) is 5.41 Å². The summed E-state index contributed by atoms with van der Waals surface area (Å²) < 4.78 is 53.0. The van der Waals surface area contributed by atoms with Gasteiger partial charge < -0.3 is 4.98 Å². The molecule has 0 aliphatic carbocycles. The molecule has 1 aromatic carbocycles. The summed E-state index contributed by atoms with van der Waals surface area (Å²) in [4.78, 5) is 2.66. The molecular weight excluding hydrogens is 246 g/mol. The number of hydrogen-bond acceptors (Lipinski definition) is 0. The van der Waals surface area contributed by atoms with E-state index in [4.69, 9.17) is 0 Å². The van der Waals surface area contributed by atoms with Crippen molar-refractivity contribution in [2.45, 2.75) is 32.6 Å². The van der Waals surface area contributed by atoms with Crippen molar-refractivity contribution in [1.29, 1.82) is 0 Å². The summed E-state index contributed by atoms with van der Waals surface area (Å²) in [6.45, 7) is 5.20. The second-order valence-corrected chi connectivity index (χ2v) is 5.27. The van der Waals surface area contributed by atoms with Gasteiger partial charge in [0.05, 0.1) is 5.52 Å². The highest BCUT2D eigenvalue weighted by Crippen LogP contribution is 2.38. The van der Waals surface area contributed by atoms with Crippen LogP contribution in [0.4, 0.5) is 17.6 Å². The third-order valence-corrected chi connectivity index (χ3v) is 2.83. The summed E-state index contributed by atoms with van der Waals surface area (Å²) in [5.41, 5.74) is -0.766. The predicted octanol–water partition coefficient (Wildman–Crippen LogP) is 4.68. The Morgan fingerprint density at radius 2 is 1.72 bits per heavy atom. The molecule has 98 valence electrons. The average molecular weight is 259 g/mol. The topological polar surface area (TPSA) is 15.8 Å². The van der Waals surface area contributed by atoms with Crippen LogP contribution in [0.25, 0.3) is 10.9 Å². The minimum atomic E-state index is -2.78. The molecule has 2 rings (SSSR count). The molecule has 1 heterocycles. The van der Waals surface area contributed by atoms with Gasteiger partial charge >= 0.3 is 0 Å². The number of benzene rings is 1. The summed E-state index contributed by atoms with van der Waals surface area (Å²) >= 11 is 0. The van der Waals surface area contributed by atoms with Crippen molar-refractivity contribution in [2.75, 3.05) is 0 Å². The highest BCUT2D eigenvalue weighted by molar-refractivity contribution is 5.86.